The second-order valence-electron chi connectivity index (χ2n) is 4.44. The first-order valence-corrected chi connectivity index (χ1v) is 5.37. The van der Waals surface area contributed by atoms with Gasteiger partial charge in [0.2, 0.25) is 0 Å². The molecule has 0 N–H and O–H groups in total. The standard InChI is InChI=1S/C10H16O3/c1-2-5-10(6-3-1)8-4-7-11-9(8)12-13-10/h8-9H,1-7H2/t8-,9-/m1/s1. The Morgan fingerprint density at radius 1 is 1.08 bits per heavy atom. The summed E-state index contributed by atoms with van der Waals surface area (Å²) in [7, 11) is 0. The van der Waals surface area contributed by atoms with Crippen molar-refractivity contribution in [3.63, 3.8) is 0 Å². The van der Waals surface area contributed by atoms with E-state index in [-0.39, 0.29) is 11.9 Å². The molecule has 0 aromatic rings. The second-order valence-corrected chi connectivity index (χ2v) is 4.44. The molecule has 0 aromatic carbocycles. The zero-order valence-electron chi connectivity index (χ0n) is 7.83. The van der Waals surface area contributed by atoms with Crippen LogP contribution >= 0.6 is 0 Å². The zero-order chi connectivity index (χ0) is 8.73. The fraction of sp³-hybridized carbons (Fsp3) is 1.00. The van der Waals surface area contributed by atoms with Crippen molar-refractivity contribution in [1.29, 1.82) is 0 Å². The Kier molecular flexibility index (Phi) is 1.86. The van der Waals surface area contributed by atoms with Crippen molar-refractivity contribution in [1.82, 2.24) is 0 Å². The molecule has 3 rings (SSSR count). The number of ether oxygens (including phenoxy) is 1. The summed E-state index contributed by atoms with van der Waals surface area (Å²) in [5, 5.41) is 0. The van der Waals surface area contributed by atoms with Crippen molar-refractivity contribution in [3.8, 4) is 0 Å². The predicted octanol–water partition coefficient (Wildman–Crippen LogP) is 2.01. The van der Waals surface area contributed by atoms with Crippen LogP contribution in [0.4, 0.5) is 0 Å². The molecule has 0 aromatic heterocycles. The lowest BCUT2D eigenvalue weighted by Gasteiger charge is -2.33. The van der Waals surface area contributed by atoms with E-state index in [0.29, 0.717) is 5.92 Å². The van der Waals surface area contributed by atoms with Crippen LogP contribution in [-0.4, -0.2) is 18.5 Å². The molecule has 2 aliphatic heterocycles. The van der Waals surface area contributed by atoms with Gasteiger partial charge in [0.25, 0.3) is 0 Å². The SMILES string of the molecule is C1CCC2(CC1)OO[C@H]1OCC[C@H]12. The van der Waals surface area contributed by atoms with Crippen LogP contribution in [0.2, 0.25) is 0 Å². The van der Waals surface area contributed by atoms with Gasteiger partial charge in [-0.2, -0.15) is 0 Å². The van der Waals surface area contributed by atoms with Crippen molar-refractivity contribution in [3.05, 3.63) is 0 Å². The Morgan fingerprint density at radius 3 is 2.77 bits per heavy atom. The molecule has 1 aliphatic carbocycles. The summed E-state index contributed by atoms with van der Waals surface area (Å²) >= 11 is 0. The lowest BCUT2D eigenvalue weighted by Crippen LogP contribution is -2.38. The number of hydrogen-bond acceptors (Lipinski definition) is 3. The van der Waals surface area contributed by atoms with E-state index in [4.69, 9.17) is 14.5 Å². The molecule has 0 bridgehead atoms. The Labute approximate surface area is 78.3 Å². The van der Waals surface area contributed by atoms with Crippen LogP contribution in [0.25, 0.3) is 0 Å². The molecule has 1 spiro atoms. The fourth-order valence-electron chi connectivity index (χ4n) is 2.98. The maximum absolute atomic E-state index is 5.52. The first-order chi connectivity index (χ1) is 6.41. The van der Waals surface area contributed by atoms with E-state index in [1.54, 1.807) is 0 Å². The van der Waals surface area contributed by atoms with Gasteiger partial charge < -0.3 is 4.74 Å². The maximum Gasteiger partial charge on any atom is 0.196 e. The van der Waals surface area contributed by atoms with Crippen LogP contribution in [0, 0.1) is 5.92 Å². The molecule has 0 amide bonds. The Bertz CT molecular complexity index is 193. The molecule has 3 aliphatic rings. The molecular formula is C10H16O3. The average molecular weight is 184 g/mol. The van der Waals surface area contributed by atoms with Crippen LogP contribution in [0.5, 0.6) is 0 Å². The van der Waals surface area contributed by atoms with Crippen molar-refractivity contribution in [2.75, 3.05) is 6.61 Å². The molecule has 13 heavy (non-hydrogen) atoms. The van der Waals surface area contributed by atoms with Gasteiger partial charge in [0.1, 0.15) is 5.60 Å². The van der Waals surface area contributed by atoms with E-state index in [9.17, 15) is 0 Å². The van der Waals surface area contributed by atoms with Crippen molar-refractivity contribution >= 4 is 0 Å². The van der Waals surface area contributed by atoms with E-state index < -0.39 is 0 Å². The van der Waals surface area contributed by atoms with Crippen LogP contribution in [0.3, 0.4) is 0 Å². The minimum atomic E-state index is -0.0573. The van der Waals surface area contributed by atoms with Crippen LogP contribution in [0.15, 0.2) is 0 Å². The van der Waals surface area contributed by atoms with Crippen molar-refractivity contribution in [2.24, 2.45) is 5.92 Å². The van der Waals surface area contributed by atoms with Crippen LogP contribution < -0.4 is 0 Å². The molecule has 3 nitrogen and oxygen atoms in total. The highest BCUT2D eigenvalue weighted by Crippen LogP contribution is 2.48. The largest absolute Gasteiger partial charge is 0.349 e. The molecule has 0 radical (unpaired) electrons. The molecule has 74 valence electrons. The smallest absolute Gasteiger partial charge is 0.196 e. The third-order valence-electron chi connectivity index (χ3n) is 3.72. The van der Waals surface area contributed by atoms with E-state index in [1.165, 1.54) is 19.3 Å². The maximum atomic E-state index is 5.52. The normalized spacial score (nSPS) is 42.5. The summed E-state index contributed by atoms with van der Waals surface area (Å²) in [6.45, 7) is 0.848. The summed E-state index contributed by atoms with van der Waals surface area (Å²) in [5.74, 6) is 0.507. The third-order valence-corrected chi connectivity index (χ3v) is 3.72. The Balaban J connectivity index is 1.81. The van der Waals surface area contributed by atoms with E-state index in [0.717, 1.165) is 25.9 Å². The molecule has 3 fully saturated rings. The number of rotatable bonds is 0. The summed E-state index contributed by atoms with van der Waals surface area (Å²) in [5.41, 5.74) is 0.0272. The summed E-state index contributed by atoms with van der Waals surface area (Å²) in [6.07, 6.45) is 7.31. The molecule has 3 heteroatoms. The lowest BCUT2D eigenvalue weighted by atomic mass is 9.75. The van der Waals surface area contributed by atoms with Crippen LogP contribution in [-0.2, 0) is 14.5 Å². The lowest BCUT2D eigenvalue weighted by molar-refractivity contribution is -0.365. The third kappa shape index (κ3) is 1.14. The molecule has 2 atom stereocenters. The summed E-state index contributed by atoms with van der Waals surface area (Å²) in [4.78, 5) is 10.8. The van der Waals surface area contributed by atoms with Gasteiger partial charge in [-0.15, -0.1) is 0 Å². The molecule has 2 saturated heterocycles. The highest BCUT2D eigenvalue weighted by Gasteiger charge is 2.54. The molecule has 2 heterocycles. The van der Waals surface area contributed by atoms with Gasteiger partial charge in [-0.1, -0.05) is 19.3 Å². The van der Waals surface area contributed by atoms with E-state index in [2.05, 4.69) is 0 Å². The van der Waals surface area contributed by atoms with Crippen molar-refractivity contribution in [2.45, 2.75) is 50.4 Å². The molecular weight excluding hydrogens is 168 g/mol. The fourth-order valence-corrected chi connectivity index (χ4v) is 2.98. The Morgan fingerprint density at radius 2 is 1.92 bits per heavy atom. The van der Waals surface area contributed by atoms with Crippen LogP contribution in [0.1, 0.15) is 38.5 Å². The zero-order valence-corrected chi connectivity index (χ0v) is 7.83. The molecule has 0 unspecified atom stereocenters. The minimum Gasteiger partial charge on any atom is -0.349 e. The summed E-state index contributed by atoms with van der Waals surface area (Å²) < 4.78 is 5.46. The topological polar surface area (TPSA) is 27.7 Å². The highest BCUT2D eigenvalue weighted by molar-refractivity contribution is 4.96. The van der Waals surface area contributed by atoms with Gasteiger partial charge in [-0.3, -0.25) is 0 Å². The first kappa shape index (κ1) is 8.21. The van der Waals surface area contributed by atoms with Gasteiger partial charge in [0.05, 0.1) is 6.61 Å². The van der Waals surface area contributed by atoms with Gasteiger partial charge in [0, 0.05) is 5.92 Å². The van der Waals surface area contributed by atoms with Gasteiger partial charge in [-0.05, 0) is 19.3 Å². The van der Waals surface area contributed by atoms with Gasteiger partial charge >= 0.3 is 0 Å². The monoisotopic (exact) mass is 184 g/mol. The van der Waals surface area contributed by atoms with E-state index >= 15 is 0 Å². The Hall–Kier alpha value is -0.120. The second kappa shape index (κ2) is 2.94. The van der Waals surface area contributed by atoms with Crippen molar-refractivity contribution < 1.29 is 14.5 Å². The highest BCUT2D eigenvalue weighted by atomic mass is 17.2. The number of fused-ring (bicyclic) bond motifs is 2. The molecule has 1 saturated carbocycles. The van der Waals surface area contributed by atoms with Gasteiger partial charge in [0.15, 0.2) is 6.29 Å². The predicted molar refractivity (Wildman–Crippen MR) is 45.8 cm³/mol. The van der Waals surface area contributed by atoms with Gasteiger partial charge in [-0.25, -0.2) is 9.78 Å². The average Bonchev–Trinajstić information content (AvgIpc) is 2.73. The minimum absolute atomic E-state index is 0.0272. The summed E-state index contributed by atoms with van der Waals surface area (Å²) in [6, 6.07) is 0. The first-order valence-electron chi connectivity index (χ1n) is 5.37. The quantitative estimate of drug-likeness (QED) is 0.539. The van der Waals surface area contributed by atoms with E-state index in [1.807, 2.05) is 0 Å². The number of hydrogen-bond donors (Lipinski definition) is 0.